The summed E-state index contributed by atoms with van der Waals surface area (Å²) in [5, 5.41) is 3.40. The number of nitrogens with one attached hydrogen (secondary N) is 1. The smallest absolute Gasteiger partial charge is 0.0110 e. The first-order chi connectivity index (χ1) is 7.75. The number of likely N-dealkylation sites (N-methyl/N-ethyl adjacent to an activating group) is 1. The van der Waals surface area contributed by atoms with Crippen molar-refractivity contribution in [2.75, 3.05) is 46.3 Å². The topological polar surface area (TPSA) is 18.5 Å². The number of nitrogens with zero attached hydrogens (tertiary/aromatic N) is 2. The van der Waals surface area contributed by atoms with Gasteiger partial charge in [0.15, 0.2) is 0 Å². The van der Waals surface area contributed by atoms with E-state index in [4.69, 9.17) is 0 Å². The summed E-state index contributed by atoms with van der Waals surface area (Å²) >= 11 is 0. The summed E-state index contributed by atoms with van der Waals surface area (Å²) in [6.45, 7) is 9.65. The van der Waals surface area contributed by atoms with Crippen LogP contribution in [0.1, 0.15) is 26.2 Å². The average Bonchev–Trinajstić information content (AvgIpc) is 3.11. The van der Waals surface area contributed by atoms with Crippen molar-refractivity contribution in [1.29, 1.82) is 0 Å². The van der Waals surface area contributed by atoms with Crippen LogP contribution in [-0.4, -0.2) is 62.2 Å². The molecule has 1 saturated carbocycles. The summed E-state index contributed by atoms with van der Waals surface area (Å²) in [5.74, 6) is 1.05. The van der Waals surface area contributed by atoms with Gasteiger partial charge < -0.3 is 10.2 Å². The van der Waals surface area contributed by atoms with Gasteiger partial charge in [-0.25, -0.2) is 0 Å². The Morgan fingerprint density at radius 1 is 1.31 bits per heavy atom. The fraction of sp³-hybridized carbons (Fsp3) is 1.00. The second kappa shape index (κ2) is 5.99. The van der Waals surface area contributed by atoms with Crippen LogP contribution in [0, 0.1) is 5.92 Å². The quantitative estimate of drug-likeness (QED) is 0.728. The van der Waals surface area contributed by atoms with E-state index in [2.05, 4.69) is 29.1 Å². The van der Waals surface area contributed by atoms with Crippen molar-refractivity contribution in [3.63, 3.8) is 0 Å². The van der Waals surface area contributed by atoms with Crippen LogP contribution in [0.2, 0.25) is 0 Å². The molecule has 1 saturated heterocycles. The molecule has 2 fully saturated rings. The lowest BCUT2D eigenvalue weighted by atomic mass is 10.1. The van der Waals surface area contributed by atoms with Crippen LogP contribution in [0.3, 0.4) is 0 Å². The summed E-state index contributed by atoms with van der Waals surface area (Å²) in [6.07, 6.45) is 4.38. The molecular formula is C13H27N3. The molecule has 0 aromatic carbocycles. The molecule has 1 unspecified atom stereocenters. The van der Waals surface area contributed by atoms with Crippen LogP contribution in [0.4, 0.5) is 0 Å². The molecule has 0 aromatic heterocycles. The van der Waals surface area contributed by atoms with E-state index >= 15 is 0 Å². The Balaban J connectivity index is 1.59. The molecule has 2 rings (SSSR count). The summed E-state index contributed by atoms with van der Waals surface area (Å²) in [5.41, 5.74) is 0. The van der Waals surface area contributed by atoms with Crippen LogP contribution < -0.4 is 5.32 Å². The standard InChI is InChI=1S/C13H27N3/c1-12(11-13-3-4-13)15(2)9-10-16-7-5-14-6-8-16/h12-14H,3-11H2,1-2H3. The zero-order valence-corrected chi connectivity index (χ0v) is 10.9. The average molecular weight is 225 g/mol. The molecule has 0 aromatic rings. The van der Waals surface area contributed by atoms with Gasteiger partial charge in [-0.3, -0.25) is 4.90 Å². The Morgan fingerprint density at radius 3 is 2.62 bits per heavy atom. The summed E-state index contributed by atoms with van der Waals surface area (Å²) in [4.78, 5) is 5.12. The van der Waals surface area contributed by atoms with Crippen LogP contribution in [0.5, 0.6) is 0 Å². The van der Waals surface area contributed by atoms with E-state index in [-0.39, 0.29) is 0 Å². The van der Waals surface area contributed by atoms with Crippen LogP contribution >= 0.6 is 0 Å². The van der Waals surface area contributed by atoms with Gasteiger partial charge in [-0.2, -0.15) is 0 Å². The highest BCUT2D eigenvalue weighted by Crippen LogP contribution is 2.34. The molecule has 1 aliphatic heterocycles. The second-order valence-electron chi connectivity index (χ2n) is 5.60. The number of hydrogen-bond donors (Lipinski definition) is 1. The predicted octanol–water partition coefficient (Wildman–Crippen LogP) is 1.01. The third kappa shape index (κ3) is 4.04. The van der Waals surface area contributed by atoms with E-state index in [0.717, 1.165) is 12.0 Å². The molecule has 3 heteroatoms. The first-order valence-corrected chi connectivity index (χ1v) is 6.89. The second-order valence-corrected chi connectivity index (χ2v) is 5.60. The number of piperazine rings is 1. The minimum Gasteiger partial charge on any atom is -0.314 e. The lowest BCUT2D eigenvalue weighted by Crippen LogP contribution is -2.46. The Kier molecular flexibility index (Phi) is 4.62. The van der Waals surface area contributed by atoms with Gasteiger partial charge in [0.2, 0.25) is 0 Å². The maximum Gasteiger partial charge on any atom is 0.0110 e. The van der Waals surface area contributed by atoms with E-state index in [0.29, 0.717) is 0 Å². The van der Waals surface area contributed by atoms with E-state index in [1.54, 1.807) is 0 Å². The zero-order chi connectivity index (χ0) is 11.4. The van der Waals surface area contributed by atoms with E-state index in [1.165, 1.54) is 58.5 Å². The Labute approximate surface area is 100 Å². The van der Waals surface area contributed by atoms with Crippen LogP contribution in [-0.2, 0) is 0 Å². The number of hydrogen-bond acceptors (Lipinski definition) is 3. The summed E-state index contributed by atoms with van der Waals surface area (Å²) in [7, 11) is 2.29. The van der Waals surface area contributed by atoms with Crippen molar-refractivity contribution in [1.82, 2.24) is 15.1 Å². The fourth-order valence-electron chi connectivity index (χ4n) is 2.47. The van der Waals surface area contributed by atoms with Crippen LogP contribution in [0.25, 0.3) is 0 Å². The highest BCUT2D eigenvalue weighted by Gasteiger charge is 2.25. The highest BCUT2D eigenvalue weighted by molar-refractivity contribution is 4.79. The van der Waals surface area contributed by atoms with Gasteiger partial charge in [-0.05, 0) is 26.3 Å². The lowest BCUT2D eigenvalue weighted by Gasteiger charge is -2.31. The Bertz CT molecular complexity index is 197. The molecule has 0 bridgehead atoms. The van der Waals surface area contributed by atoms with Crippen molar-refractivity contribution < 1.29 is 0 Å². The lowest BCUT2D eigenvalue weighted by molar-refractivity contribution is 0.176. The van der Waals surface area contributed by atoms with Gasteiger partial charge >= 0.3 is 0 Å². The maximum atomic E-state index is 3.40. The van der Waals surface area contributed by atoms with Crippen molar-refractivity contribution in [3.05, 3.63) is 0 Å². The first kappa shape index (κ1) is 12.3. The highest BCUT2D eigenvalue weighted by atomic mass is 15.2. The monoisotopic (exact) mass is 225 g/mol. The molecule has 0 radical (unpaired) electrons. The third-order valence-corrected chi connectivity index (χ3v) is 4.10. The Hall–Kier alpha value is -0.120. The largest absolute Gasteiger partial charge is 0.314 e. The maximum absolute atomic E-state index is 3.40. The minimum atomic E-state index is 0.774. The van der Waals surface area contributed by atoms with Gasteiger partial charge in [-0.15, -0.1) is 0 Å². The van der Waals surface area contributed by atoms with E-state index in [9.17, 15) is 0 Å². The van der Waals surface area contributed by atoms with Gasteiger partial charge in [0, 0.05) is 45.3 Å². The number of rotatable bonds is 6. The Morgan fingerprint density at radius 2 is 2.00 bits per heavy atom. The zero-order valence-electron chi connectivity index (χ0n) is 10.9. The van der Waals surface area contributed by atoms with Crippen molar-refractivity contribution in [2.24, 2.45) is 5.92 Å². The molecule has 0 spiro atoms. The predicted molar refractivity (Wildman–Crippen MR) is 68.7 cm³/mol. The SMILES string of the molecule is CC(CC1CC1)N(C)CCN1CCNCC1. The van der Waals surface area contributed by atoms with E-state index < -0.39 is 0 Å². The van der Waals surface area contributed by atoms with Gasteiger partial charge in [-0.1, -0.05) is 12.8 Å². The molecule has 16 heavy (non-hydrogen) atoms. The van der Waals surface area contributed by atoms with E-state index in [1.807, 2.05) is 0 Å². The molecule has 0 amide bonds. The first-order valence-electron chi connectivity index (χ1n) is 6.89. The molecule has 3 nitrogen and oxygen atoms in total. The molecule has 1 aliphatic carbocycles. The third-order valence-electron chi connectivity index (χ3n) is 4.10. The van der Waals surface area contributed by atoms with Crippen molar-refractivity contribution in [2.45, 2.75) is 32.2 Å². The minimum absolute atomic E-state index is 0.774. The summed E-state index contributed by atoms with van der Waals surface area (Å²) < 4.78 is 0. The van der Waals surface area contributed by atoms with Crippen LogP contribution in [0.15, 0.2) is 0 Å². The molecule has 94 valence electrons. The molecule has 2 aliphatic rings. The van der Waals surface area contributed by atoms with Gasteiger partial charge in [0.05, 0.1) is 0 Å². The fourth-order valence-corrected chi connectivity index (χ4v) is 2.47. The van der Waals surface area contributed by atoms with Gasteiger partial charge in [0.1, 0.15) is 0 Å². The van der Waals surface area contributed by atoms with Crippen molar-refractivity contribution >= 4 is 0 Å². The molecule has 1 atom stereocenters. The molecule has 1 heterocycles. The normalized spacial score (nSPS) is 24.9. The molecule has 1 N–H and O–H groups in total. The summed E-state index contributed by atoms with van der Waals surface area (Å²) in [6, 6.07) is 0.774. The van der Waals surface area contributed by atoms with Gasteiger partial charge in [0.25, 0.3) is 0 Å². The van der Waals surface area contributed by atoms with Crippen molar-refractivity contribution in [3.8, 4) is 0 Å². The molecular weight excluding hydrogens is 198 g/mol.